The summed E-state index contributed by atoms with van der Waals surface area (Å²) in [4.78, 5) is 12.6. The van der Waals surface area contributed by atoms with Gasteiger partial charge in [0, 0.05) is 33.6 Å². The third kappa shape index (κ3) is 5.91. The molecule has 31 heavy (non-hydrogen) atoms. The van der Waals surface area contributed by atoms with Crippen LogP contribution in [0.25, 0.3) is 0 Å². The van der Waals surface area contributed by atoms with Crippen LogP contribution in [0.5, 0.6) is 0 Å². The van der Waals surface area contributed by atoms with Gasteiger partial charge in [0.15, 0.2) is 0 Å². The van der Waals surface area contributed by atoms with Gasteiger partial charge in [0.1, 0.15) is 4.90 Å². The van der Waals surface area contributed by atoms with Crippen molar-refractivity contribution < 1.29 is 21.6 Å². The van der Waals surface area contributed by atoms with Crippen molar-refractivity contribution in [1.29, 1.82) is 0 Å². The molecule has 0 spiro atoms. The van der Waals surface area contributed by atoms with Crippen molar-refractivity contribution in [3.63, 3.8) is 0 Å². The molecule has 2 aromatic rings. The van der Waals surface area contributed by atoms with Crippen molar-refractivity contribution >= 4 is 31.6 Å². The topological polar surface area (TPSA) is 104 Å². The summed E-state index contributed by atoms with van der Waals surface area (Å²) in [5.41, 5.74) is 1.03. The molecule has 2 rings (SSSR count). The molecule has 10 heteroatoms. The van der Waals surface area contributed by atoms with Crippen LogP contribution in [-0.2, 0) is 31.3 Å². The Morgan fingerprint density at radius 1 is 0.871 bits per heavy atom. The molecular formula is C21H29N3O5S2. The van der Waals surface area contributed by atoms with E-state index in [9.17, 15) is 21.6 Å². The van der Waals surface area contributed by atoms with Crippen LogP contribution >= 0.6 is 0 Å². The number of para-hydroxylation sites is 1. The van der Waals surface area contributed by atoms with E-state index in [2.05, 4.69) is 5.32 Å². The van der Waals surface area contributed by atoms with Gasteiger partial charge in [0.2, 0.25) is 26.0 Å². The molecule has 8 nitrogen and oxygen atoms in total. The molecule has 0 heterocycles. The molecule has 0 fully saturated rings. The predicted molar refractivity (Wildman–Crippen MR) is 121 cm³/mol. The Kier molecular flexibility index (Phi) is 8.35. The van der Waals surface area contributed by atoms with Gasteiger partial charge in [-0.2, -0.15) is 4.31 Å². The second kappa shape index (κ2) is 10.4. The molecule has 0 aliphatic heterocycles. The summed E-state index contributed by atoms with van der Waals surface area (Å²) in [5, 5.41) is 2.66. The van der Waals surface area contributed by atoms with E-state index in [0.717, 1.165) is 9.87 Å². The highest BCUT2D eigenvalue weighted by atomic mass is 32.2. The first-order valence-corrected chi connectivity index (χ1v) is 12.8. The molecule has 0 bridgehead atoms. The minimum Gasteiger partial charge on any atom is -0.325 e. The van der Waals surface area contributed by atoms with Crippen LogP contribution in [0.15, 0.2) is 58.3 Å². The summed E-state index contributed by atoms with van der Waals surface area (Å²) in [7, 11) is -4.36. The fraction of sp³-hybridized carbons (Fsp3) is 0.381. The smallest absolute Gasteiger partial charge is 0.244 e. The van der Waals surface area contributed by atoms with Gasteiger partial charge in [-0.3, -0.25) is 4.79 Å². The Hall–Kier alpha value is -2.27. The number of hydrogen-bond acceptors (Lipinski definition) is 5. The van der Waals surface area contributed by atoms with Gasteiger partial charge in [-0.1, -0.05) is 38.1 Å². The molecular weight excluding hydrogens is 438 g/mol. The number of sulfonamides is 2. The maximum Gasteiger partial charge on any atom is 0.244 e. The summed E-state index contributed by atoms with van der Waals surface area (Å²) in [6.45, 7) is 4.36. The van der Waals surface area contributed by atoms with Gasteiger partial charge >= 0.3 is 0 Å². The quantitative estimate of drug-likeness (QED) is 0.578. The van der Waals surface area contributed by atoms with Crippen LogP contribution in [0.1, 0.15) is 25.8 Å². The van der Waals surface area contributed by atoms with E-state index in [1.807, 2.05) is 0 Å². The molecule has 2 aromatic carbocycles. The van der Waals surface area contributed by atoms with Crippen molar-refractivity contribution in [2.45, 2.75) is 36.5 Å². The van der Waals surface area contributed by atoms with Crippen LogP contribution in [-0.4, -0.2) is 58.5 Å². The lowest BCUT2D eigenvalue weighted by Crippen LogP contribution is -2.30. The lowest BCUT2D eigenvalue weighted by molar-refractivity contribution is -0.116. The maximum absolute atomic E-state index is 12.5. The standard InChI is InChI=1S/C21H29N3O5S2/c1-5-24(6-2)30(26,27)18-14-11-17(12-15-18)13-16-21(25)22-19-9-7-8-10-20(19)31(28,29)23(3)4/h7-12,14-15H,5-6,13,16H2,1-4H3,(H,22,25). The minimum atomic E-state index is -3.69. The number of nitrogens with one attached hydrogen (secondary N) is 1. The SMILES string of the molecule is CCN(CC)S(=O)(=O)c1ccc(CCC(=O)Nc2ccccc2S(=O)(=O)N(C)C)cc1. The van der Waals surface area contributed by atoms with Crippen LogP contribution < -0.4 is 5.32 Å². The highest BCUT2D eigenvalue weighted by Crippen LogP contribution is 2.23. The van der Waals surface area contributed by atoms with Gasteiger partial charge < -0.3 is 5.32 Å². The molecule has 0 aliphatic carbocycles. The summed E-state index contributed by atoms with van der Waals surface area (Å²) in [5.74, 6) is -0.332. The van der Waals surface area contributed by atoms with E-state index in [0.29, 0.717) is 19.5 Å². The van der Waals surface area contributed by atoms with Gasteiger partial charge in [0.25, 0.3) is 0 Å². The highest BCUT2D eigenvalue weighted by Gasteiger charge is 2.22. The maximum atomic E-state index is 12.5. The van der Waals surface area contributed by atoms with E-state index in [1.54, 1.807) is 56.3 Å². The predicted octanol–water partition coefficient (Wildman–Crippen LogP) is 2.54. The van der Waals surface area contributed by atoms with Gasteiger partial charge in [0.05, 0.1) is 10.6 Å². The van der Waals surface area contributed by atoms with Crippen LogP contribution in [0.4, 0.5) is 5.69 Å². The lowest BCUT2D eigenvalue weighted by Gasteiger charge is -2.18. The molecule has 0 atom stereocenters. The van der Waals surface area contributed by atoms with Crippen molar-refractivity contribution in [2.24, 2.45) is 0 Å². The molecule has 0 unspecified atom stereocenters. The second-order valence-electron chi connectivity index (χ2n) is 7.07. The van der Waals surface area contributed by atoms with Crippen molar-refractivity contribution in [3.8, 4) is 0 Å². The zero-order valence-electron chi connectivity index (χ0n) is 18.2. The van der Waals surface area contributed by atoms with E-state index in [1.165, 1.54) is 24.5 Å². The lowest BCUT2D eigenvalue weighted by atomic mass is 10.1. The number of hydrogen-bond donors (Lipinski definition) is 1. The van der Waals surface area contributed by atoms with E-state index < -0.39 is 20.0 Å². The monoisotopic (exact) mass is 467 g/mol. The number of amides is 1. The summed E-state index contributed by atoms with van der Waals surface area (Å²) in [6.07, 6.45) is 0.512. The van der Waals surface area contributed by atoms with E-state index >= 15 is 0 Å². The normalized spacial score (nSPS) is 12.3. The molecule has 0 radical (unpaired) electrons. The molecule has 0 saturated heterocycles. The van der Waals surface area contributed by atoms with E-state index in [-0.39, 0.29) is 27.8 Å². The number of anilines is 1. The molecule has 170 valence electrons. The number of carbonyl (C=O) groups excluding carboxylic acids is 1. The van der Waals surface area contributed by atoms with Gasteiger partial charge in [-0.05, 0) is 36.2 Å². The summed E-state index contributed by atoms with van der Waals surface area (Å²) < 4.78 is 52.4. The minimum absolute atomic E-state index is 0.0271. The number of carbonyl (C=O) groups is 1. The van der Waals surface area contributed by atoms with Gasteiger partial charge in [-0.15, -0.1) is 0 Å². The zero-order chi connectivity index (χ0) is 23.2. The van der Waals surface area contributed by atoms with Crippen LogP contribution in [0.3, 0.4) is 0 Å². The Balaban J connectivity index is 2.07. The third-order valence-electron chi connectivity index (χ3n) is 4.83. The first-order valence-electron chi connectivity index (χ1n) is 9.94. The summed E-state index contributed by atoms with van der Waals surface area (Å²) in [6, 6.07) is 12.7. The average molecular weight is 468 g/mol. The first-order chi connectivity index (χ1) is 14.5. The average Bonchev–Trinajstić information content (AvgIpc) is 2.73. The number of benzene rings is 2. The fourth-order valence-electron chi connectivity index (χ4n) is 3.00. The molecule has 0 saturated carbocycles. The number of nitrogens with zero attached hydrogens (tertiary/aromatic N) is 2. The number of aryl methyl sites for hydroxylation is 1. The Bertz CT molecular complexity index is 1110. The van der Waals surface area contributed by atoms with Crippen molar-refractivity contribution in [1.82, 2.24) is 8.61 Å². The number of rotatable bonds is 10. The third-order valence-corrected chi connectivity index (χ3v) is 8.76. The highest BCUT2D eigenvalue weighted by molar-refractivity contribution is 7.89. The Labute approximate surface area is 185 Å². The Morgan fingerprint density at radius 3 is 2.00 bits per heavy atom. The van der Waals surface area contributed by atoms with Crippen LogP contribution in [0.2, 0.25) is 0 Å². The largest absolute Gasteiger partial charge is 0.325 e. The zero-order valence-corrected chi connectivity index (χ0v) is 19.8. The van der Waals surface area contributed by atoms with Crippen molar-refractivity contribution in [2.75, 3.05) is 32.5 Å². The molecule has 1 N–H and O–H groups in total. The Morgan fingerprint density at radius 2 is 1.45 bits per heavy atom. The molecule has 0 aromatic heterocycles. The first kappa shape index (κ1) is 25.0. The second-order valence-corrected chi connectivity index (χ2v) is 11.1. The van der Waals surface area contributed by atoms with Gasteiger partial charge in [-0.25, -0.2) is 21.1 Å². The molecule has 1 amide bonds. The summed E-state index contributed by atoms with van der Waals surface area (Å²) >= 11 is 0. The van der Waals surface area contributed by atoms with Crippen LogP contribution in [0, 0.1) is 0 Å². The molecule has 0 aliphatic rings. The fourth-order valence-corrected chi connectivity index (χ4v) is 5.50. The van der Waals surface area contributed by atoms with Crippen molar-refractivity contribution in [3.05, 3.63) is 54.1 Å². The van der Waals surface area contributed by atoms with E-state index in [4.69, 9.17) is 0 Å².